The molecule has 2 amide bonds. The van der Waals surface area contributed by atoms with Gasteiger partial charge in [-0.3, -0.25) is 4.90 Å². The van der Waals surface area contributed by atoms with Crippen LogP contribution in [0, 0.1) is 0 Å². The van der Waals surface area contributed by atoms with Crippen molar-refractivity contribution in [1.82, 2.24) is 25.1 Å². The molecule has 2 aliphatic rings. The number of nitrogens with one attached hydrogen (secondary N) is 2. The molecule has 6 nitrogen and oxygen atoms in total. The van der Waals surface area contributed by atoms with Crippen LogP contribution in [0.2, 0.25) is 5.02 Å². The van der Waals surface area contributed by atoms with Crippen molar-refractivity contribution in [2.45, 2.75) is 12.0 Å². The van der Waals surface area contributed by atoms with E-state index in [1.54, 1.807) is 0 Å². The van der Waals surface area contributed by atoms with Gasteiger partial charge in [-0.25, -0.2) is 9.78 Å². The van der Waals surface area contributed by atoms with Crippen molar-refractivity contribution in [3.8, 4) is 0 Å². The first-order chi connectivity index (χ1) is 10.6. The fourth-order valence-corrected chi connectivity index (χ4v) is 3.55. The number of likely N-dealkylation sites (tertiary alicyclic amines) is 1. The molecule has 0 saturated carbocycles. The van der Waals surface area contributed by atoms with E-state index in [1.807, 2.05) is 30.1 Å². The predicted octanol–water partition coefficient (Wildman–Crippen LogP) is 1.47. The Labute approximate surface area is 133 Å². The number of amides is 2. The molecular formula is C15H18ClN5O. The van der Waals surface area contributed by atoms with Crippen LogP contribution in [0.4, 0.5) is 4.79 Å². The van der Waals surface area contributed by atoms with Gasteiger partial charge in [0.2, 0.25) is 0 Å². The zero-order valence-electron chi connectivity index (χ0n) is 12.4. The van der Waals surface area contributed by atoms with E-state index in [2.05, 4.69) is 20.2 Å². The van der Waals surface area contributed by atoms with Crippen molar-refractivity contribution < 1.29 is 4.79 Å². The number of imidazole rings is 1. The molecule has 116 valence electrons. The van der Waals surface area contributed by atoms with E-state index >= 15 is 0 Å². The molecule has 1 aromatic heterocycles. The molecule has 1 aromatic carbocycles. The van der Waals surface area contributed by atoms with Gasteiger partial charge < -0.3 is 15.2 Å². The molecule has 1 spiro atoms. The van der Waals surface area contributed by atoms with Crippen LogP contribution in [0.1, 0.15) is 5.82 Å². The van der Waals surface area contributed by atoms with Gasteiger partial charge in [-0.15, -0.1) is 0 Å². The summed E-state index contributed by atoms with van der Waals surface area (Å²) in [5, 5.41) is 3.63. The fraction of sp³-hybridized carbons (Fsp3) is 0.467. The normalized spacial score (nSPS) is 20.6. The van der Waals surface area contributed by atoms with Crippen LogP contribution in [0.3, 0.4) is 0 Å². The quantitative estimate of drug-likeness (QED) is 0.900. The van der Waals surface area contributed by atoms with Crippen LogP contribution >= 0.6 is 11.6 Å². The molecule has 0 radical (unpaired) electrons. The number of aromatic amines is 1. The number of nitrogens with zero attached hydrogens (tertiary/aromatic N) is 3. The Morgan fingerprint density at radius 2 is 2.23 bits per heavy atom. The summed E-state index contributed by atoms with van der Waals surface area (Å²) in [5.74, 6) is 0.979. The second-order valence-electron chi connectivity index (χ2n) is 6.25. The number of benzene rings is 1. The highest BCUT2D eigenvalue weighted by Gasteiger charge is 2.51. The monoisotopic (exact) mass is 319 g/mol. The maximum atomic E-state index is 11.6. The lowest BCUT2D eigenvalue weighted by atomic mass is 9.89. The van der Waals surface area contributed by atoms with Gasteiger partial charge >= 0.3 is 6.03 Å². The van der Waals surface area contributed by atoms with Crippen molar-refractivity contribution in [1.29, 1.82) is 0 Å². The summed E-state index contributed by atoms with van der Waals surface area (Å²) in [7, 11) is 1.88. The number of hydrogen-bond acceptors (Lipinski definition) is 3. The van der Waals surface area contributed by atoms with E-state index in [-0.39, 0.29) is 11.6 Å². The first kappa shape index (κ1) is 13.8. The van der Waals surface area contributed by atoms with Crippen molar-refractivity contribution in [3.05, 3.63) is 29.0 Å². The first-order valence-electron chi connectivity index (χ1n) is 7.44. The third-order valence-electron chi connectivity index (χ3n) is 4.78. The Balaban J connectivity index is 1.36. The lowest BCUT2D eigenvalue weighted by molar-refractivity contribution is 0.00521. The lowest BCUT2D eigenvalue weighted by Crippen LogP contribution is -2.69. The summed E-state index contributed by atoms with van der Waals surface area (Å²) in [4.78, 5) is 23.7. The summed E-state index contributed by atoms with van der Waals surface area (Å²) in [5.41, 5.74) is 1.93. The Morgan fingerprint density at radius 3 is 2.95 bits per heavy atom. The predicted molar refractivity (Wildman–Crippen MR) is 85.1 cm³/mol. The molecule has 2 aromatic rings. The number of carbonyl (C=O) groups excluding carboxylic acids is 1. The average Bonchev–Trinajstić information content (AvgIpc) is 2.98. The van der Waals surface area contributed by atoms with E-state index in [0.717, 1.165) is 49.5 Å². The van der Waals surface area contributed by atoms with Gasteiger partial charge in [0.25, 0.3) is 0 Å². The molecule has 0 atom stereocenters. The second kappa shape index (κ2) is 4.86. The van der Waals surface area contributed by atoms with Gasteiger partial charge in [0, 0.05) is 44.7 Å². The Hall–Kier alpha value is -1.79. The third kappa shape index (κ3) is 2.14. The number of H-pyrrole nitrogens is 1. The minimum Gasteiger partial charge on any atom is -0.342 e. The highest BCUT2D eigenvalue weighted by Crippen LogP contribution is 2.29. The van der Waals surface area contributed by atoms with Crippen molar-refractivity contribution in [3.63, 3.8) is 0 Å². The van der Waals surface area contributed by atoms with E-state index in [0.29, 0.717) is 5.02 Å². The van der Waals surface area contributed by atoms with Crippen LogP contribution < -0.4 is 5.32 Å². The smallest absolute Gasteiger partial charge is 0.317 e. The van der Waals surface area contributed by atoms with Gasteiger partial charge in [-0.05, 0) is 18.2 Å². The molecule has 2 fully saturated rings. The van der Waals surface area contributed by atoms with Gasteiger partial charge in [-0.2, -0.15) is 0 Å². The fourth-order valence-electron chi connectivity index (χ4n) is 3.38. The van der Waals surface area contributed by atoms with Gasteiger partial charge in [0.1, 0.15) is 5.82 Å². The molecule has 22 heavy (non-hydrogen) atoms. The summed E-state index contributed by atoms with van der Waals surface area (Å²) in [6, 6.07) is 5.72. The molecule has 2 N–H and O–H groups in total. The standard InChI is InChI=1S/C15H18ClN5O/c1-20-14(22)17-7-15(20)8-21(9-15)5-4-13-18-11-3-2-10(16)6-12(11)19-13/h2-3,6H,4-5,7-9H2,1H3,(H,17,22)(H,18,19). The summed E-state index contributed by atoms with van der Waals surface area (Å²) in [6.45, 7) is 3.54. The van der Waals surface area contributed by atoms with Crippen molar-refractivity contribution in [2.24, 2.45) is 0 Å². The van der Waals surface area contributed by atoms with Crippen molar-refractivity contribution in [2.75, 3.05) is 33.2 Å². The summed E-state index contributed by atoms with van der Waals surface area (Å²) in [6.07, 6.45) is 0.869. The zero-order chi connectivity index (χ0) is 15.3. The topological polar surface area (TPSA) is 64.3 Å². The highest BCUT2D eigenvalue weighted by atomic mass is 35.5. The maximum absolute atomic E-state index is 11.6. The van der Waals surface area contributed by atoms with Crippen LogP contribution in [-0.4, -0.2) is 64.6 Å². The highest BCUT2D eigenvalue weighted by molar-refractivity contribution is 6.31. The molecular weight excluding hydrogens is 302 g/mol. The van der Waals surface area contributed by atoms with E-state index in [9.17, 15) is 4.79 Å². The number of aromatic nitrogens is 2. The minimum atomic E-state index is -0.00150. The number of urea groups is 1. The molecule has 4 rings (SSSR count). The van der Waals surface area contributed by atoms with Crippen LogP contribution in [0.25, 0.3) is 11.0 Å². The molecule has 2 saturated heterocycles. The Morgan fingerprint density at radius 1 is 1.41 bits per heavy atom. The van der Waals surface area contributed by atoms with Crippen LogP contribution in [0.5, 0.6) is 0 Å². The van der Waals surface area contributed by atoms with Gasteiger partial charge in [-0.1, -0.05) is 11.6 Å². The zero-order valence-corrected chi connectivity index (χ0v) is 13.2. The Bertz CT molecular complexity index is 737. The Kier molecular flexibility index (Phi) is 3.06. The third-order valence-corrected chi connectivity index (χ3v) is 5.01. The number of halogens is 1. The summed E-state index contributed by atoms with van der Waals surface area (Å²) >= 11 is 5.99. The molecule has 0 unspecified atom stereocenters. The number of fused-ring (bicyclic) bond motifs is 1. The molecule has 3 heterocycles. The summed E-state index contributed by atoms with van der Waals surface area (Å²) < 4.78 is 0. The van der Waals surface area contributed by atoms with Crippen molar-refractivity contribution >= 4 is 28.7 Å². The lowest BCUT2D eigenvalue weighted by Gasteiger charge is -2.50. The number of carbonyl (C=O) groups is 1. The molecule has 0 aliphatic carbocycles. The maximum Gasteiger partial charge on any atom is 0.317 e. The SMILES string of the molecule is CN1C(=O)NCC12CN(CCc1nc3ccc(Cl)cc3[nH]1)C2. The minimum absolute atomic E-state index is 0.00150. The van der Waals surface area contributed by atoms with Gasteiger partial charge in [0.05, 0.1) is 16.6 Å². The number of likely N-dealkylation sites (N-methyl/N-ethyl adjacent to an activating group) is 1. The second-order valence-corrected chi connectivity index (χ2v) is 6.68. The first-order valence-corrected chi connectivity index (χ1v) is 7.82. The van der Waals surface area contributed by atoms with Crippen LogP contribution in [-0.2, 0) is 6.42 Å². The largest absolute Gasteiger partial charge is 0.342 e. The average molecular weight is 320 g/mol. The molecule has 0 bridgehead atoms. The number of hydrogen-bond donors (Lipinski definition) is 2. The van der Waals surface area contributed by atoms with Gasteiger partial charge in [0.15, 0.2) is 0 Å². The number of rotatable bonds is 3. The van der Waals surface area contributed by atoms with Crippen LogP contribution in [0.15, 0.2) is 18.2 Å². The van der Waals surface area contributed by atoms with E-state index in [1.165, 1.54) is 0 Å². The van der Waals surface area contributed by atoms with E-state index in [4.69, 9.17) is 11.6 Å². The van der Waals surface area contributed by atoms with E-state index < -0.39 is 0 Å². The molecule has 2 aliphatic heterocycles. The molecule has 7 heteroatoms.